The Bertz CT molecular complexity index is 1010. The van der Waals surface area contributed by atoms with E-state index in [1.807, 2.05) is 19.1 Å². The number of amides is 2. The van der Waals surface area contributed by atoms with Crippen LogP contribution in [0.4, 0.5) is 5.69 Å². The maximum Gasteiger partial charge on any atom is 0.278 e. The summed E-state index contributed by atoms with van der Waals surface area (Å²) in [7, 11) is 0. The highest BCUT2D eigenvalue weighted by Crippen LogP contribution is 2.32. The molecule has 2 amide bonds. The van der Waals surface area contributed by atoms with E-state index in [1.165, 1.54) is 11.0 Å². The largest absolute Gasteiger partial charge is 0.493 e. The maximum atomic E-state index is 13.0. The van der Waals surface area contributed by atoms with Crippen molar-refractivity contribution in [3.63, 3.8) is 0 Å². The number of halogens is 1. The van der Waals surface area contributed by atoms with Gasteiger partial charge in [-0.15, -0.1) is 6.58 Å². The van der Waals surface area contributed by atoms with E-state index >= 15 is 0 Å². The van der Waals surface area contributed by atoms with E-state index < -0.39 is 5.91 Å². The molecule has 1 heterocycles. The van der Waals surface area contributed by atoms with Gasteiger partial charge in [0.1, 0.15) is 11.4 Å². The fourth-order valence-electron chi connectivity index (χ4n) is 3.05. The Kier molecular flexibility index (Phi) is 6.63. The molecule has 1 aliphatic heterocycles. The predicted octanol–water partition coefficient (Wildman–Crippen LogP) is 5.06. The first-order valence-electron chi connectivity index (χ1n) is 9.79. The Balaban J connectivity index is 1.98. The third-order valence-electron chi connectivity index (χ3n) is 4.65. The quantitative estimate of drug-likeness (QED) is 0.475. The number of hydrogen-bond acceptors (Lipinski definition) is 4. The standard InChI is InChI=1S/C24H25ClN2O3/c1-5-12-27-23(28)21(17-7-10-19(11-8-17)30-14-15(2)3)22(24(27)29)26-18-9-6-16(4)20(25)13-18/h5-11,13,15,26H,1,12,14H2,2-4H3. The van der Waals surface area contributed by atoms with E-state index in [9.17, 15) is 9.59 Å². The predicted molar refractivity (Wildman–Crippen MR) is 120 cm³/mol. The van der Waals surface area contributed by atoms with Crippen molar-refractivity contribution in [1.82, 2.24) is 4.90 Å². The number of benzene rings is 2. The van der Waals surface area contributed by atoms with Gasteiger partial charge >= 0.3 is 0 Å². The topological polar surface area (TPSA) is 58.6 Å². The van der Waals surface area contributed by atoms with Crippen LogP contribution in [-0.4, -0.2) is 29.9 Å². The second-order valence-electron chi connectivity index (χ2n) is 7.58. The Morgan fingerprint density at radius 3 is 2.43 bits per heavy atom. The molecule has 6 heteroatoms. The van der Waals surface area contributed by atoms with E-state index in [1.54, 1.807) is 30.3 Å². The van der Waals surface area contributed by atoms with Crippen LogP contribution in [0.25, 0.3) is 5.57 Å². The third-order valence-corrected chi connectivity index (χ3v) is 5.05. The molecule has 2 aromatic rings. The van der Waals surface area contributed by atoms with Gasteiger partial charge in [0.15, 0.2) is 0 Å². The number of nitrogens with one attached hydrogen (secondary N) is 1. The number of carbonyl (C=O) groups is 2. The van der Waals surface area contributed by atoms with Crippen LogP contribution in [0.15, 0.2) is 60.8 Å². The van der Waals surface area contributed by atoms with Gasteiger partial charge in [-0.3, -0.25) is 14.5 Å². The van der Waals surface area contributed by atoms with Crippen molar-refractivity contribution in [3.8, 4) is 5.75 Å². The van der Waals surface area contributed by atoms with Crippen LogP contribution < -0.4 is 10.1 Å². The summed E-state index contributed by atoms with van der Waals surface area (Å²) in [5.41, 5.74) is 2.73. The van der Waals surface area contributed by atoms with Crippen molar-refractivity contribution in [2.45, 2.75) is 20.8 Å². The Hall–Kier alpha value is -3.05. The molecule has 2 aromatic carbocycles. The van der Waals surface area contributed by atoms with Crippen LogP contribution in [-0.2, 0) is 9.59 Å². The van der Waals surface area contributed by atoms with Crippen LogP contribution in [0.2, 0.25) is 5.02 Å². The second kappa shape index (κ2) is 9.18. The van der Waals surface area contributed by atoms with E-state index in [0.717, 1.165) is 5.56 Å². The van der Waals surface area contributed by atoms with Crippen molar-refractivity contribution < 1.29 is 14.3 Å². The van der Waals surface area contributed by atoms with E-state index in [4.69, 9.17) is 16.3 Å². The average Bonchev–Trinajstić information content (AvgIpc) is 2.94. The highest BCUT2D eigenvalue weighted by Gasteiger charge is 2.38. The lowest BCUT2D eigenvalue weighted by Gasteiger charge is -2.12. The van der Waals surface area contributed by atoms with Crippen molar-refractivity contribution in [2.24, 2.45) is 5.92 Å². The van der Waals surface area contributed by atoms with Crippen molar-refractivity contribution in [2.75, 3.05) is 18.5 Å². The molecule has 0 aliphatic carbocycles. The monoisotopic (exact) mass is 424 g/mol. The molecule has 5 nitrogen and oxygen atoms in total. The van der Waals surface area contributed by atoms with Gasteiger partial charge in [-0.05, 0) is 48.2 Å². The molecule has 0 bridgehead atoms. The number of ether oxygens (including phenoxy) is 1. The minimum absolute atomic E-state index is 0.135. The first-order valence-corrected chi connectivity index (χ1v) is 10.2. The van der Waals surface area contributed by atoms with Crippen molar-refractivity contribution in [3.05, 3.63) is 77.0 Å². The summed E-state index contributed by atoms with van der Waals surface area (Å²) >= 11 is 6.22. The molecule has 1 aliphatic rings. The average molecular weight is 425 g/mol. The Morgan fingerprint density at radius 2 is 1.83 bits per heavy atom. The van der Waals surface area contributed by atoms with Crippen molar-refractivity contribution in [1.29, 1.82) is 0 Å². The highest BCUT2D eigenvalue weighted by molar-refractivity contribution is 6.36. The first kappa shape index (κ1) is 21.7. The number of anilines is 1. The van der Waals surface area contributed by atoms with Gasteiger partial charge in [-0.2, -0.15) is 0 Å². The zero-order chi connectivity index (χ0) is 21.8. The van der Waals surface area contributed by atoms with Crippen molar-refractivity contribution >= 4 is 34.7 Å². The normalized spacial score (nSPS) is 14.0. The fourth-order valence-corrected chi connectivity index (χ4v) is 3.23. The van der Waals surface area contributed by atoms with E-state index in [-0.39, 0.29) is 18.1 Å². The van der Waals surface area contributed by atoms with Crippen LogP contribution in [0, 0.1) is 12.8 Å². The molecule has 0 unspecified atom stereocenters. The lowest BCUT2D eigenvalue weighted by Crippen LogP contribution is -2.32. The fraction of sp³-hybridized carbons (Fsp3) is 0.250. The molecule has 0 spiro atoms. The molecule has 0 radical (unpaired) electrons. The number of nitrogens with zero attached hydrogens (tertiary/aromatic N) is 1. The number of aryl methyl sites for hydroxylation is 1. The van der Waals surface area contributed by atoms with Crippen LogP contribution >= 0.6 is 11.6 Å². The van der Waals surface area contributed by atoms with E-state index in [0.29, 0.717) is 40.1 Å². The minimum Gasteiger partial charge on any atom is -0.493 e. The smallest absolute Gasteiger partial charge is 0.278 e. The van der Waals surface area contributed by atoms with Gasteiger partial charge in [0.2, 0.25) is 0 Å². The van der Waals surface area contributed by atoms with Gasteiger partial charge < -0.3 is 10.1 Å². The first-order chi connectivity index (χ1) is 14.3. The molecule has 3 rings (SSSR count). The molecule has 30 heavy (non-hydrogen) atoms. The van der Waals surface area contributed by atoms with Crippen LogP contribution in [0.3, 0.4) is 0 Å². The summed E-state index contributed by atoms with van der Waals surface area (Å²) in [5, 5.41) is 3.68. The second-order valence-corrected chi connectivity index (χ2v) is 7.98. The van der Waals surface area contributed by atoms with E-state index in [2.05, 4.69) is 25.7 Å². The SMILES string of the molecule is C=CCN1C(=O)C(Nc2ccc(C)c(Cl)c2)=C(c2ccc(OCC(C)C)cc2)C1=O. The van der Waals surface area contributed by atoms with Gasteiger partial charge in [-0.25, -0.2) is 0 Å². The molecular formula is C24H25ClN2O3. The lowest BCUT2D eigenvalue weighted by atomic mass is 10.0. The van der Waals surface area contributed by atoms with Gasteiger partial charge in [0.05, 0.1) is 12.2 Å². The highest BCUT2D eigenvalue weighted by atomic mass is 35.5. The number of rotatable bonds is 8. The molecular weight excluding hydrogens is 400 g/mol. The zero-order valence-corrected chi connectivity index (χ0v) is 18.1. The number of hydrogen-bond donors (Lipinski definition) is 1. The molecule has 1 N–H and O–H groups in total. The summed E-state index contributed by atoms with van der Waals surface area (Å²) in [4.78, 5) is 27.2. The summed E-state index contributed by atoms with van der Waals surface area (Å²) in [6.45, 7) is 10.4. The minimum atomic E-state index is -0.397. The summed E-state index contributed by atoms with van der Waals surface area (Å²) in [5.74, 6) is 0.363. The molecule has 0 atom stereocenters. The molecule has 0 aromatic heterocycles. The summed E-state index contributed by atoms with van der Waals surface area (Å²) < 4.78 is 5.72. The molecule has 0 fully saturated rings. The third kappa shape index (κ3) is 4.57. The Labute approximate surface area is 182 Å². The maximum absolute atomic E-state index is 13.0. The number of imide groups is 1. The zero-order valence-electron chi connectivity index (χ0n) is 17.4. The van der Waals surface area contributed by atoms with Gasteiger partial charge in [0.25, 0.3) is 11.8 Å². The Morgan fingerprint density at radius 1 is 1.13 bits per heavy atom. The van der Waals surface area contributed by atoms with Gasteiger partial charge in [0, 0.05) is 17.3 Å². The number of carbonyl (C=O) groups excluding carboxylic acids is 2. The van der Waals surface area contributed by atoms with Crippen LogP contribution in [0.1, 0.15) is 25.0 Å². The summed E-state index contributed by atoms with van der Waals surface area (Å²) in [6, 6.07) is 12.6. The molecule has 0 saturated heterocycles. The summed E-state index contributed by atoms with van der Waals surface area (Å²) in [6.07, 6.45) is 1.53. The lowest BCUT2D eigenvalue weighted by molar-refractivity contribution is -0.136. The molecule has 156 valence electrons. The van der Waals surface area contributed by atoms with Crippen LogP contribution in [0.5, 0.6) is 5.75 Å². The van der Waals surface area contributed by atoms with Gasteiger partial charge in [-0.1, -0.05) is 49.7 Å². The molecule has 0 saturated carbocycles.